The quantitative estimate of drug-likeness (QED) is 0.594. The molecule has 2 aromatic rings. The summed E-state index contributed by atoms with van der Waals surface area (Å²) in [7, 11) is 1.60. The van der Waals surface area contributed by atoms with Gasteiger partial charge in [-0.25, -0.2) is 0 Å². The maximum Gasteiger partial charge on any atom is 0.313 e. The van der Waals surface area contributed by atoms with E-state index in [4.69, 9.17) is 13.9 Å². The molecule has 0 fully saturated rings. The SMILES string of the molecule is COCCOc1ccc(NC(=O)C(=O)NC(C)c2ccc(C)o2)cc1. The summed E-state index contributed by atoms with van der Waals surface area (Å²) in [4.78, 5) is 24.0. The second kappa shape index (κ2) is 8.89. The molecule has 7 nitrogen and oxygen atoms in total. The van der Waals surface area contributed by atoms with Crippen LogP contribution < -0.4 is 15.4 Å². The first-order chi connectivity index (χ1) is 12.0. The van der Waals surface area contributed by atoms with Gasteiger partial charge in [-0.3, -0.25) is 9.59 Å². The minimum Gasteiger partial charge on any atom is -0.491 e. The van der Waals surface area contributed by atoms with E-state index in [-0.39, 0.29) is 0 Å². The van der Waals surface area contributed by atoms with E-state index < -0.39 is 17.9 Å². The Morgan fingerprint density at radius 3 is 2.40 bits per heavy atom. The van der Waals surface area contributed by atoms with Gasteiger partial charge in [-0.15, -0.1) is 0 Å². The van der Waals surface area contributed by atoms with Crippen LogP contribution in [0.3, 0.4) is 0 Å². The van der Waals surface area contributed by atoms with Crippen molar-refractivity contribution in [3.05, 3.63) is 47.9 Å². The Morgan fingerprint density at radius 2 is 1.80 bits per heavy atom. The molecule has 0 saturated carbocycles. The van der Waals surface area contributed by atoms with Crippen molar-refractivity contribution in [2.24, 2.45) is 0 Å². The van der Waals surface area contributed by atoms with Crippen molar-refractivity contribution in [1.82, 2.24) is 5.32 Å². The molecular weight excluding hydrogens is 324 g/mol. The van der Waals surface area contributed by atoms with Crippen LogP contribution in [0.15, 0.2) is 40.8 Å². The second-order valence-electron chi connectivity index (χ2n) is 5.46. The fourth-order valence-corrected chi connectivity index (χ4v) is 2.08. The van der Waals surface area contributed by atoms with E-state index in [1.54, 1.807) is 50.4 Å². The largest absolute Gasteiger partial charge is 0.491 e. The smallest absolute Gasteiger partial charge is 0.313 e. The topological polar surface area (TPSA) is 89.8 Å². The average molecular weight is 346 g/mol. The molecule has 0 spiro atoms. The first-order valence-corrected chi connectivity index (χ1v) is 7.89. The number of benzene rings is 1. The third kappa shape index (κ3) is 5.65. The van der Waals surface area contributed by atoms with Gasteiger partial charge in [-0.2, -0.15) is 0 Å². The molecule has 7 heteroatoms. The Balaban J connectivity index is 1.85. The summed E-state index contributed by atoms with van der Waals surface area (Å²) in [5.41, 5.74) is 0.501. The molecule has 1 atom stereocenters. The van der Waals surface area contributed by atoms with E-state index in [1.807, 2.05) is 6.92 Å². The molecule has 0 aliphatic rings. The van der Waals surface area contributed by atoms with Crippen LogP contribution in [0.2, 0.25) is 0 Å². The van der Waals surface area contributed by atoms with Crippen molar-refractivity contribution in [3.63, 3.8) is 0 Å². The molecule has 2 N–H and O–H groups in total. The summed E-state index contributed by atoms with van der Waals surface area (Å²) < 4.78 is 15.8. The number of ether oxygens (including phenoxy) is 2. The van der Waals surface area contributed by atoms with E-state index in [0.717, 1.165) is 5.76 Å². The van der Waals surface area contributed by atoms with Crippen LogP contribution in [-0.4, -0.2) is 32.1 Å². The highest BCUT2D eigenvalue weighted by molar-refractivity contribution is 6.39. The van der Waals surface area contributed by atoms with Crippen LogP contribution in [0.1, 0.15) is 24.5 Å². The molecule has 0 bridgehead atoms. The van der Waals surface area contributed by atoms with E-state index >= 15 is 0 Å². The summed E-state index contributed by atoms with van der Waals surface area (Å²) in [6.07, 6.45) is 0. The lowest BCUT2D eigenvalue weighted by atomic mass is 10.2. The van der Waals surface area contributed by atoms with Crippen LogP contribution in [0.4, 0.5) is 5.69 Å². The zero-order valence-electron chi connectivity index (χ0n) is 14.5. The number of anilines is 1. The molecule has 1 heterocycles. The Kier molecular flexibility index (Phi) is 6.59. The van der Waals surface area contributed by atoms with Crippen molar-refractivity contribution in [2.45, 2.75) is 19.9 Å². The minimum absolute atomic E-state index is 0.400. The molecule has 0 aliphatic heterocycles. The number of hydrogen-bond donors (Lipinski definition) is 2. The van der Waals surface area contributed by atoms with Crippen molar-refractivity contribution in [3.8, 4) is 5.75 Å². The van der Waals surface area contributed by atoms with Gasteiger partial charge in [-0.05, 0) is 50.2 Å². The standard InChI is InChI=1S/C18H22N2O5/c1-12-4-9-16(25-12)13(2)19-17(21)18(22)20-14-5-7-15(8-6-14)24-11-10-23-3/h4-9,13H,10-11H2,1-3H3,(H,19,21)(H,20,22). The van der Waals surface area contributed by atoms with Crippen LogP contribution in [-0.2, 0) is 14.3 Å². The van der Waals surface area contributed by atoms with Crippen molar-refractivity contribution >= 4 is 17.5 Å². The van der Waals surface area contributed by atoms with Crippen molar-refractivity contribution in [1.29, 1.82) is 0 Å². The zero-order chi connectivity index (χ0) is 18.2. The van der Waals surface area contributed by atoms with Gasteiger partial charge >= 0.3 is 11.8 Å². The average Bonchev–Trinajstić information content (AvgIpc) is 3.03. The molecule has 25 heavy (non-hydrogen) atoms. The molecule has 0 saturated heterocycles. The van der Waals surface area contributed by atoms with E-state index in [0.29, 0.717) is 30.4 Å². The molecule has 134 valence electrons. The lowest BCUT2D eigenvalue weighted by Crippen LogP contribution is -2.36. The number of carbonyl (C=O) groups excluding carboxylic acids is 2. The van der Waals surface area contributed by atoms with Gasteiger partial charge in [0.05, 0.1) is 12.6 Å². The molecule has 1 unspecified atom stereocenters. The van der Waals surface area contributed by atoms with E-state index in [2.05, 4.69) is 10.6 Å². The van der Waals surface area contributed by atoms with E-state index in [1.165, 1.54) is 0 Å². The highest BCUT2D eigenvalue weighted by atomic mass is 16.5. The fraction of sp³-hybridized carbons (Fsp3) is 0.333. The predicted molar refractivity (Wildman–Crippen MR) is 92.4 cm³/mol. The number of nitrogens with one attached hydrogen (secondary N) is 2. The minimum atomic E-state index is -0.747. The molecule has 2 rings (SSSR count). The number of furan rings is 1. The zero-order valence-corrected chi connectivity index (χ0v) is 14.5. The normalized spacial score (nSPS) is 11.6. The lowest BCUT2D eigenvalue weighted by Gasteiger charge is -2.12. The number of amides is 2. The summed E-state index contributed by atoms with van der Waals surface area (Å²) >= 11 is 0. The van der Waals surface area contributed by atoms with Gasteiger partial charge in [0.25, 0.3) is 0 Å². The monoisotopic (exact) mass is 346 g/mol. The Bertz CT molecular complexity index is 709. The summed E-state index contributed by atoms with van der Waals surface area (Å²) in [5, 5.41) is 5.13. The number of rotatable bonds is 7. The lowest BCUT2D eigenvalue weighted by molar-refractivity contribution is -0.136. The van der Waals surface area contributed by atoms with Gasteiger partial charge < -0.3 is 24.5 Å². The first kappa shape index (κ1) is 18.5. The highest BCUT2D eigenvalue weighted by Gasteiger charge is 2.18. The van der Waals surface area contributed by atoms with Gasteiger partial charge in [-0.1, -0.05) is 0 Å². The Morgan fingerprint density at radius 1 is 1.08 bits per heavy atom. The fourth-order valence-electron chi connectivity index (χ4n) is 2.08. The molecule has 2 amide bonds. The van der Waals surface area contributed by atoms with Crippen molar-refractivity contribution in [2.75, 3.05) is 25.6 Å². The van der Waals surface area contributed by atoms with Gasteiger partial charge in [0, 0.05) is 12.8 Å². The maximum absolute atomic E-state index is 12.0. The summed E-state index contributed by atoms with van der Waals surface area (Å²) in [6, 6.07) is 9.90. The third-order valence-electron chi connectivity index (χ3n) is 3.41. The van der Waals surface area contributed by atoms with Crippen molar-refractivity contribution < 1.29 is 23.5 Å². The van der Waals surface area contributed by atoms with Gasteiger partial charge in [0.2, 0.25) is 0 Å². The summed E-state index contributed by atoms with van der Waals surface area (Å²) in [5.74, 6) is 0.510. The third-order valence-corrected chi connectivity index (χ3v) is 3.41. The Hall–Kier alpha value is -2.80. The number of carbonyl (C=O) groups is 2. The van der Waals surface area contributed by atoms with Crippen LogP contribution in [0.25, 0.3) is 0 Å². The van der Waals surface area contributed by atoms with Crippen LogP contribution in [0, 0.1) is 6.92 Å². The first-order valence-electron chi connectivity index (χ1n) is 7.89. The summed E-state index contributed by atoms with van der Waals surface area (Å²) in [6.45, 7) is 4.49. The molecular formula is C18H22N2O5. The molecule has 1 aromatic carbocycles. The van der Waals surface area contributed by atoms with Crippen LogP contribution >= 0.6 is 0 Å². The molecule has 1 aromatic heterocycles. The van der Waals surface area contributed by atoms with Crippen LogP contribution in [0.5, 0.6) is 5.75 Å². The van der Waals surface area contributed by atoms with Gasteiger partial charge in [0.15, 0.2) is 0 Å². The van der Waals surface area contributed by atoms with E-state index in [9.17, 15) is 9.59 Å². The number of hydrogen-bond acceptors (Lipinski definition) is 5. The number of methoxy groups -OCH3 is 1. The Labute approximate surface area is 146 Å². The number of aryl methyl sites for hydroxylation is 1. The second-order valence-corrected chi connectivity index (χ2v) is 5.46. The molecule has 0 radical (unpaired) electrons. The predicted octanol–water partition coefficient (Wildman–Crippen LogP) is 2.43. The maximum atomic E-state index is 12.0. The highest BCUT2D eigenvalue weighted by Crippen LogP contribution is 2.17. The van der Waals surface area contributed by atoms with Gasteiger partial charge in [0.1, 0.15) is 23.9 Å². The molecule has 0 aliphatic carbocycles.